The summed E-state index contributed by atoms with van der Waals surface area (Å²) in [6.07, 6.45) is 3.30. The van der Waals surface area contributed by atoms with Crippen LogP contribution in [0.5, 0.6) is 0 Å². The van der Waals surface area contributed by atoms with E-state index in [1.807, 2.05) is 13.0 Å². The number of rotatable bonds is 3. The van der Waals surface area contributed by atoms with Crippen LogP contribution in [0.15, 0.2) is 47.2 Å². The summed E-state index contributed by atoms with van der Waals surface area (Å²) < 4.78 is 5.20. The van der Waals surface area contributed by atoms with Gasteiger partial charge in [0.2, 0.25) is 0 Å². The Hall–Kier alpha value is -2.66. The highest BCUT2D eigenvalue weighted by atomic mass is 35.5. The summed E-state index contributed by atoms with van der Waals surface area (Å²) in [5.74, 6) is 0.168. The highest BCUT2D eigenvalue weighted by Gasteiger charge is 2.22. The number of hydrogen-bond acceptors (Lipinski definition) is 4. The van der Waals surface area contributed by atoms with E-state index in [9.17, 15) is 4.79 Å². The molecule has 0 aliphatic carbocycles. The van der Waals surface area contributed by atoms with Crippen LogP contribution >= 0.6 is 11.6 Å². The van der Waals surface area contributed by atoms with Crippen LogP contribution in [-0.4, -0.2) is 16.0 Å². The highest BCUT2D eigenvalue weighted by molar-refractivity contribution is 6.30. The Kier molecular flexibility index (Phi) is 4.12. The van der Waals surface area contributed by atoms with Gasteiger partial charge in [-0.1, -0.05) is 16.8 Å². The lowest BCUT2D eigenvalue weighted by Crippen LogP contribution is -2.14. The number of benzene rings is 1. The molecule has 0 aliphatic rings. The molecule has 0 spiro atoms. The van der Waals surface area contributed by atoms with Crippen molar-refractivity contribution < 1.29 is 9.32 Å². The van der Waals surface area contributed by atoms with Gasteiger partial charge in [0, 0.05) is 28.7 Å². The molecule has 0 fully saturated rings. The molecule has 0 bridgehead atoms. The average molecular weight is 328 g/mol. The van der Waals surface area contributed by atoms with Gasteiger partial charge in [-0.2, -0.15) is 0 Å². The van der Waals surface area contributed by atoms with Gasteiger partial charge in [-0.3, -0.25) is 9.78 Å². The summed E-state index contributed by atoms with van der Waals surface area (Å²) >= 11 is 5.94. The smallest absolute Gasteiger partial charge is 0.261 e. The molecule has 3 rings (SSSR count). The second-order valence-corrected chi connectivity index (χ2v) is 5.55. The highest BCUT2D eigenvalue weighted by Crippen LogP contribution is 2.26. The summed E-state index contributed by atoms with van der Waals surface area (Å²) in [4.78, 5) is 16.7. The van der Waals surface area contributed by atoms with Crippen LogP contribution in [0, 0.1) is 13.8 Å². The fourth-order valence-electron chi connectivity index (χ4n) is 2.29. The number of nitrogens with zero attached hydrogens (tertiary/aromatic N) is 2. The molecule has 116 valence electrons. The van der Waals surface area contributed by atoms with Gasteiger partial charge in [-0.15, -0.1) is 0 Å². The van der Waals surface area contributed by atoms with Gasteiger partial charge in [0.15, 0.2) is 0 Å². The number of pyridine rings is 1. The van der Waals surface area contributed by atoms with E-state index in [1.165, 1.54) is 0 Å². The van der Waals surface area contributed by atoms with Crippen molar-refractivity contribution in [3.8, 4) is 11.3 Å². The van der Waals surface area contributed by atoms with Gasteiger partial charge in [-0.25, -0.2) is 0 Å². The number of nitrogens with one attached hydrogen (secondary N) is 1. The maximum Gasteiger partial charge on any atom is 0.261 e. The zero-order chi connectivity index (χ0) is 16.4. The van der Waals surface area contributed by atoms with Crippen LogP contribution in [0.4, 0.5) is 5.69 Å². The van der Waals surface area contributed by atoms with E-state index in [0.29, 0.717) is 27.7 Å². The van der Waals surface area contributed by atoms with Crippen molar-refractivity contribution >= 4 is 23.2 Å². The SMILES string of the molecule is Cc1cc(Cl)ccc1NC(=O)c1c(-c2cccnc2)noc1C. The van der Waals surface area contributed by atoms with Crippen LogP contribution in [0.1, 0.15) is 21.7 Å². The van der Waals surface area contributed by atoms with Crippen molar-refractivity contribution in [3.05, 3.63) is 64.6 Å². The maximum absolute atomic E-state index is 12.7. The summed E-state index contributed by atoms with van der Waals surface area (Å²) in [6, 6.07) is 8.90. The molecule has 0 radical (unpaired) electrons. The Bertz CT molecular complexity index is 860. The normalized spacial score (nSPS) is 10.6. The number of anilines is 1. The number of carbonyl (C=O) groups excluding carboxylic acids is 1. The van der Waals surface area contributed by atoms with Gasteiger partial charge >= 0.3 is 0 Å². The number of hydrogen-bond donors (Lipinski definition) is 1. The minimum Gasteiger partial charge on any atom is -0.360 e. The van der Waals surface area contributed by atoms with Gasteiger partial charge < -0.3 is 9.84 Å². The van der Waals surface area contributed by atoms with Gasteiger partial charge in [0.05, 0.1) is 0 Å². The van der Waals surface area contributed by atoms with E-state index in [2.05, 4.69) is 15.5 Å². The molecule has 23 heavy (non-hydrogen) atoms. The Labute approximate surface area is 138 Å². The third-order valence-corrected chi connectivity index (χ3v) is 3.70. The number of aromatic nitrogens is 2. The number of amides is 1. The third-order valence-electron chi connectivity index (χ3n) is 3.46. The number of aryl methyl sites for hydroxylation is 2. The monoisotopic (exact) mass is 327 g/mol. The zero-order valence-corrected chi connectivity index (χ0v) is 13.4. The average Bonchev–Trinajstić information content (AvgIpc) is 2.93. The first-order chi connectivity index (χ1) is 11.1. The van der Waals surface area contributed by atoms with E-state index in [-0.39, 0.29) is 5.91 Å². The first-order valence-electron chi connectivity index (χ1n) is 7.00. The largest absolute Gasteiger partial charge is 0.360 e. The Morgan fingerprint density at radius 2 is 2.09 bits per heavy atom. The van der Waals surface area contributed by atoms with E-state index in [4.69, 9.17) is 16.1 Å². The lowest BCUT2D eigenvalue weighted by Gasteiger charge is -2.09. The Balaban J connectivity index is 1.96. The molecule has 1 aromatic carbocycles. The minimum absolute atomic E-state index is 0.284. The lowest BCUT2D eigenvalue weighted by atomic mass is 10.1. The first kappa shape index (κ1) is 15.2. The number of carbonyl (C=O) groups is 1. The van der Waals surface area contributed by atoms with Crippen LogP contribution < -0.4 is 5.32 Å². The quantitative estimate of drug-likeness (QED) is 0.780. The molecule has 2 heterocycles. The van der Waals surface area contributed by atoms with Crippen molar-refractivity contribution in [1.29, 1.82) is 0 Å². The third kappa shape index (κ3) is 3.10. The van der Waals surface area contributed by atoms with Crippen molar-refractivity contribution in [3.63, 3.8) is 0 Å². The predicted octanol–water partition coefficient (Wildman–Crippen LogP) is 4.26. The van der Waals surface area contributed by atoms with Crippen LogP contribution in [0.2, 0.25) is 5.02 Å². The van der Waals surface area contributed by atoms with Crippen molar-refractivity contribution in [2.75, 3.05) is 5.32 Å². The van der Waals surface area contributed by atoms with Crippen molar-refractivity contribution in [2.45, 2.75) is 13.8 Å². The molecule has 0 saturated carbocycles. The summed E-state index contributed by atoms with van der Waals surface area (Å²) in [5, 5.41) is 7.48. The molecule has 5 nitrogen and oxygen atoms in total. The molecular weight excluding hydrogens is 314 g/mol. The second kappa shape index (κ2) is 6.22. The molecule has 2 aromatic heterocycles. The van der Waals surface area contributed by atoms with E-state index >= 15 is 0 Å². The van der Waals surface area contributed by atoms with E-state index < -0.39 is 0 Å². The summed E-state index contributed by atoms with van der Waals surface area (Å²) in [6.45, 7) is 3.58. The van der Waals surface area contributed by atoms with Gasteiger partial charge in [0.25, 0.3) is 5.91 Å². The summed E-state index contributed by atoms with van der Waals surface area (Å²) in [5.41, 5.74) is 3.16. The fraction of sp³-hybridized carbons (Fsp3) is 0.118. The maximum atomic E-state index is 12.7. The second-order valence-electron chi connectivity index (χ2n) is 5.12. The first-order valence-corrected chi connectivity index (χ1v) is 7.38. The Morgan fingerprint density at radius 3 is 2.78 bits per heavy atom. The molecule has 0 aliphatic heterocycles. The molecule has 6 heteroatoms. The summed E-state index contributed by atoms with van der Waals surface area (Å²) in [7, 11) is 0. The van der Waals surface area contributed by atoms with Crippen LogP contribution in [0.3, 0.4) is 0 Å². The van der Waals surface area contributed by atoms with Crippen molar-refractivity contribution in [1.82, 2.24) is 10.1 Å². The Morgan fingerprint density at radius 1 is 1.26 bits per heavy atom. The minimum atomic E-state index is -0.284. The predicted molar refractivity (Wildman–Crippen MR) is 88.6 cm³/mol. The van der Waals surface area contributed by atoms with Gasteiger partial charge in [-0.05, 0) is 49.7 Å². The van der Waals surface area contributed by atoms with Crippen LogP contribution in [-0.2, 0) is 0 Å². The zero-order valence-electron chi connectivity index (χ0n) is 12.6. The van der Waals surface area contributed by atoms with Gasteiger partial charge in [0.1, 0.15) is 17.0 Å². The standard InChI is InChI=1S/C17H14ClN3O2/c1-10-8-13(18)5-6-14(10)20-17(22)15-11(2)23-21-16(15)12-4-3-7-19-9-12/h3-9H,1-2H3,(H,20,22). The van der Waals surface area contributed by atoms with Crippen molar-refractivity contribution in [2.24, 2.45) is 0 Å². The molecule has 1 amide bonds. The molecule has 1 N–H and O–H groups in total. The lowest BCUT2D eigenvalue weighted by molar-refractivity contribution is 0.102. The fourth-order valence-corrected chi connectivity index (χ4v) is 2.52. The molecule has 3 aromatic rings. The molecule has 0 saturated heterocycles. The number of halogens is 1. The topological polar surface area (TPSA) is 68.0 Å². The van der Waals surface area contributed by atoms with E-state index in [1.54, 1.807) is 43.6 Å². The molecular formula is C17H14ClN3O2. The molecule has 0 atom stereocenters. The van der Waals surface area contributed by atoms with E-state index in [0.717, 1.165) is 11.1 Å². The molecule has 0 unspecified atom stereocenters. The van der Waals surface area contributed by atoms with Crippen LogP contribution in [0.25, 0.3) is 11.3 Å².